The number of hydrogen-bond donors (Lipinski definition) is 2. The second kappa shape index (κ2) is 7.94. The molecule has 0 saturated carbocycles. The number of phenols is 1. The van der Waals surface area contributed by atoms with Gasteiger partial charge in [0.1, 0.15) is 5.75 Å². The number of ether oxygens (including phenoxy) is 2. The van der Waals surface area contributed by atoms with Crippen LogP contribution in [0.1, 0.15) is 47.9 Å². The summed E-state index contributed by atoms with van der Waals surface area (Å²) >= 11 is 0. The molecule has 5 nitrogen and oxygen atoms in total. The lowest BCUT2D eigenvalue weighted by Crippen LogP contribution is -2.48. The topological polar surface area (TPSA) is 67.8 Å². The molecule has 2 aliphatic rings. The summed E-state index contributed by atoms with van der Waals surface area (Å²) in [6, 6.07) is 16.0. The summed E-state index contributed by atoms with van der Waals surface area (Å²) in [6.07, 6.45) is 3.12. The van der Waals surface area contributed by atoms with Gasteiger partial charge in [-0.1, -0.05) is 42.5 Å². The number of esters is 1. The molecule has 0 bridgehead atoms. The molecule has 4 rings (SSSR count). The van der Waals surface area contributed by atoms with E-state index in [1.54, 1.807) is 12.1 Å². The fourth-order valence-corrected chi connectivity index (χ4v) is 4.69. The highest BCUT2D eigenvalue weighted by molar-refractivity contribution is 5.72. The standard InChI is InChI=1S/C23H27NO4/c1-27-21(26)13-16-8-9-20(25)19(12-16)18-14-23(28-15-18)10-5-11-24-22(23)17-6-3-2-4-7-17/h2-4,6-9,12,18,22,24-25H,5,10-11,13-15H2,1H3/t18-,22+,23-/m1/s1. The second-order valence-electron chi connectivity index (χ2n) is 7.82. The Morgan fingerprint density at radius 3 is 2.89 bits per heavy atom. The number of benzene rings is 2. The van der Waals surface area contributed by atoms with Crippen LogP contribution in [0.15, 0.2) is 48.5 Å². The van der Waals surface area contributed by atoms with Crippen LogP contribution < -0.4 is 5.32 Å². The Balaban J connectivity index is 1.59. The van der Waals surface area contributed by atoms with Crippen LogP contribution in [0.25, 0.3) is 0 Å². The van der Waals surface area contributed by atoms with E-state index in [0.29, 0.717) is 6.61 Å². The van der Waals surface area contributed by atoms with E-state index in [9.17, 15) is 9.90 Å². The average molecular weight is 381 g/mol. The largest absolute Gasteiger partial charge is 0.508 e. The van der Waals surface area contributed by atoms with Crippen LogP contribution in [0.5, 0.6) is 5.75 Å². The van der Waals surface area contributed by atoms with Gasteiger partial charge in [0.15, 0.2) is 0 Å². The molecular weight excluding hydrogens is 354 g/mol. The molecule has 1 spiro atoms. The molecule has 0 radical (unpaired) electrons. The van der Waals surface area contributed by atoms with E-state index >= 15 is 0 Å². The Morgan fingerprint density at radius 2 is 2.11 bits per heavy atom. The highest BCUT2D eigenvalue weighted by Crippen LogP contribution is 2.49. The van der Waals surface area contributed by atoms with Gasteiger partial charge in [-0.3, -0.25) is 4.79 Å². The first kappa shape index (κ1) is 19.0. The van der Waals surface area contributed by atoms with Crippen molar-refractivity contribution in [3.05, 3.63) is 65.2 Å². The van der Waals surface area contributed by atoms with Crippen molar-refractivity contribution in [2.45, 2.75) is 43.2 Å². The van der Waals surface area contributed by atoms with Crippen LogP contribution in [0.2, 0.25) is 0 Å². The molecule has 2 fully saturated rings. The SMILES string of the molecule is COC(=O)Cc1ccc(O)c([C@H]2CO[C@]3(CCCN[C@H]3c3ccccc3)C2)c1. The predicted octanol–water partition coefficient (Wildman–Crippen LogP) is 3.48. The van der Waals surface area contributed by atoms with Crippen molar-refractivity contribution in [3.8, 4) is 5.75 Å². The molecule has 0 aliphatic carbocycles. The first-order chi connectivity index (χ1) is 13.6. The van der Waals surface area contributed by atoms with Crippen molar-refractivity contribution in [1.82, 2.24) is 5.32 Å². The zero-order chi connectivity index (χ0) is 19.6. The Hall–Kier alpha value is -2.37. The van der Waals surface area contributed by atoms with Crippen molar-refractivity contribution in [1.29, 1.82) is 0 Å². The molecule has 3 atom stereocenters. The van der Waals surface area contributed by atoms with Gasteiger partial charge in [-0.25, -0.2) is 0 Å². The summed E-state index contributed by atoms with van der Waals surface area (Å²) in [6.45, 7) is 1.55. The minimum atomic E-state index is -0.281. The van der Waals surface area contributed by atoms with E-state index in [2.05, 4.69) is 29.6 Å². The van der Waals surface area contributed by atoms with Crippen molar-refractivity contribution in [3.63, 3.8) is 0 Å². The monoisotopic (exact) mass is 381 g/mol. The van der Waals surface area contributed by atoms with Gasteiger partial charge in [0.2, 0.25) is 0 Å². The second-order valence-corrected chi connectivity index (χ2v) is 7.82. The lowest BCUT2D eigenvalue weighted by atomic mass is 9.76. The number of phenolic OH excluding ortho intramolecular Hbond substituents is 1. The number of nitrogens with one attached hydrogen (secondary N) is 1. The maximum absolute atomic E-state index is 11.6. The fraction of sp³-hybridized carbons (Fsp3) is 0.435. The summed E-state index contributed by atoms with van der Waals surface area (Å²) < 4.78 is 11.2. The van der Waals surface area contributed by atoms with Gasteiger partial charge in [-0.05, 0) is 48.6 Å². The summed E-state index contributed by atoms with van der Waals surface area (Å²) in [7, 11) is 1.39. The first-order valence-corrected chi connectivity index (χ1v) is 9.92. The fourth-order valence-electron chi connectivity index (χ4n) is 4.69. The number of aromatic hydroxyl groups is 1. The number of hydrogen-bond acceptors (Lipinski definition) is 5. The molecule has 2 aliphatic heterocycles. The van der Waals surface area contributed by atoms with Gasteiger partial charge in [-0.15, -0.1) is 0 Å². The smallest absolute Gasteiger partial charge is 0.309 e. The third-order valence-corrected chi connectivity index (χ3v) is 6.06. The van der Waals surface area contributed by atoms with Gasteiger partial charge < -0.3 is 19.9 Å². The van der Waals surface area contributed by atoms with Gasteiger partial charge >= 0.3 is 5.97 Å². The highest BCUT2D eigenvalue weighted by atomic mass is 16.5. The molecule has 0 amide bonds. The summed E-state index contributed by atoms with van der Waals surface area (Å²) in [5, 5.41) is 14.1. The van der Waals surface area contributed by atoms with E-state index in [0.717, 1.165) is 36.9 Å². The van der Waals surface area contributed by atoms with Crippen molar-refractivity contribution in [2.75, 3.05) is 20.3 Å². The first-order valence-electron chi connectivity index (χ1n) is 9.92. The zero-order valence-electron chi connectivity index (χ0n) is 16.2. The molecule has 5 heteroatoms. The third-order valence-electron chi connectivity index (χ3n) is 6.06. The molecular formula is C23H27NO4. The summed E-state index contributed by atoms with van der Waals surface area (Å²) in [4.78, 5) is 11.6. The third kappa shape index (κ3) is 3.64. The molecule has 0 unspecified atom stereocenters. The molecule has 0 aromatic heterocycles. The van der Waals surface area contributed by atoms with Gasteiger partial charge in [0.05, 0.1) is 31.8 Å². The van der Waals surface area contributed by atoms with Crippen LogP contribution in [0.3, 0.4) is 0 Å². The number of carbonyl (C=O) groups is 1. The van der Waals surface area contributed by atoms with Crippen LogP contribution in [-0.2, 0) is 20.7 Å². The van der Waals surface area contributed by atoms with Gasteiger partial charge in [-0.2, -0.15) is 0 Å². The van der Waals surface area contributed by atoms with E-state index in [-0.39, 0.29) is 35.7 Å². The lowest BCUT2D eigenvalue weighted by Gasteiger charge is -2.41. The number of methoxy groups -OCH3 is 1. The Bertz CT molecular complexity index is 838. The van der Waals surface area contributed by atoms with Crippen LogP contribution in [-0.4, -0.2) is 36.9 Å². The van der Waals surface area contributed by atoms with Crippen molar-refractivity contribution < 1.29 is 19.4 Å². The maximum atomic E-state index is 11.6. The summed E-state index contributed by atoms with van der Waals surface area (Å²) in [5.41, 5.74) is 2.68. The predicted molar refractivity (Wildman–Crippen MR) is 106 cm³/mol. The molecule has 2 saturated heterocycles. The molecule has 2 heterocycles. The molecule has 2 aromatic carbocycles. The van der Waals surface area contributed by atoms with E-state index < -0.39 is 0 Å². The van der Waals surface area contributed by atoms with Crippen LogP contribution in [0, 0.1) is 0 Å². The van der Waals surface area contributed by atoms with Gasteiger partial charge in [0.25, 0.3) is 0 Å². The van der Waals surface area contributed by atoms with E-state index in [1.165, 1.54) is 12.7 Å². The van der Waals surface area contributed by atoms with Crippen molar-refractivity contribution >= 4 is 5.97 Å². The Labute approximate surface area is 165 Å². The van der Waals surface area contributed by atoms with Gasteiger partial charge in [0, 0.05) is 5.92 Å². The highest BCUT2D eigenvalue weighted by Gasteiger charge is 2.49. The lowest BCUT2D eigenvalue weighted by molar-refractivity contribution is -0.139. The van der Waals surface area contributed by atoms with E-state index in [1.807, 2.05) is 12.1 Å². The zero-order valence-corrected chi connectivity index (χ0v) is 16.2. The molecule has 2 N–H and O–H groups in total. The quantitative estimate of drug-likeness (QED) is 0.794. The number of piperidine rings is 1. The average Bonchev–Trinajstić information content (AvgIpc) is 3.14. The molecule has 28 heavy (non-hydrogen) atoms. The molecule has 148 valence electrons. The maximum Gasteiger partial charge on any atom is 0.309 e. The Morgan fingerprint density at radius 1 is 1.29 bits per heavy atom. The van der Waals surface area contributed by atoms with Crippen molar-refractivity contribution in [2.24, 2.45) is 0 Å². The Kier molecular flexibility index (Phi) is 5.38. The van der Waals surface area contributed by atoms with Crippen LogP contribution in [0.4, 0.5) is 0 Å². The minimum absolute atomic E-state index is 0.101. The number of rotatable bonds is 4. The molecule has 2 aromatic rings. The summed E-state index contributed by atoms with van der Waals surface area (Å²) in [5.74, 6) is 0.0828. The van der Waals surface area contributed by atoms with E-state index in [4.69, 9.17) is 9.47 Å². The number of carbonyl (C=O) groups excluding carboxylic acids is 1. The minimum Gasteiger partial charge on any atom is -0.508 e. The normalized spacial score (nSPS) is 27.0. The van der Waals surface area contributed by atoms with Crippen LogP contribution >= 0.6 is 0 Å².